The minimum absolute atomic E-state index is 0.0613. The predicted molar refractivity (Wildman–Crippen MR) is 89.3 cm³/mol. The molecule has 0 aliphatic heterocycles. The Morgan fingerprint density at radius 1 is 1.24 bits per heavy atom. The number of aromatic nitrogens is 2. The van der Waals surface area contributed by atoms with E-state index in [2.05, 4.69) is 4.98 Å². The summed E-state index contributed by atoms with van der Waals surface area (Å²) in [6.07, 6.45) is 0. The van der Waals surface area contributed by atoms with Gasteiger partial charge in [-0.2, -0.15) is 10.5 Å². The molecule has 6 nitrogen and oxygen atoms in total. The van der Waals surface area contributed by atoms with Crippen molar-refractivity contribution in [1.29, 1.82) is 10.5 Å². The van der Waals surface area contributed by atoms with Gasteiger partial charge in [0.2, 0.25) is 0 Å². The minimum atomic E-state index is -0.662. The van der Waals surface area contributed by atoms with Crippen molar-refractivity contribution in [2.75, 3.05) is 0 Å². The van der Waals surface area contributed by atoms with Crippen molar-refractivity contribution in [3.8, 4) is 17.8 Å². The highest BCUT2D eigenvalue weighted by molar-refractivity contribution is 5.84. The van der Waals surface area contributed by atoms with Gasteiger partial charge >= 0.3 is 0 Å². The summed E-state index contributed by atoms with van der Waals surface area (Å²) in [6.45, 7) is 1.64. The van der Waals surface area contributed by atoms with Crippen molar-refractivity contribution in [3.63, 3.8) is 0 Å². The zero-order chi connectivity index (χ0) is 18.1. The van der Waals surface area contributed by atoms with Gasteiger partial charge in [0.05, 0.1) is 39.8 Å². The van der Waals surface area contributed by atoms with E-state index in [1.165, 1.54) is 12.1 Å². The van der Waals surface area contributed by atoms with E-state index in [0.29, 0.717) is 5.52 Å². The molecule has 1 heterocycles. The van der Waals surface area contributed by atoms with E-state index < -0.39 is 17.4 Å². The van der Waals surface area contributed by atoms with Crippen LogP contribution in [-0.4, -0.2) is 9.55 Å². The van der Waals surface area contributed by atoms with Crippen LogP contribution in [0.2, 0.25) is 0 Å². The molecule has 0 aliphatic rings. The van der Waals surface area contributed by atoms with Gasteiger partial charge in [0.1, 0.15) is 17.7 Å². The molecule has 1 atom stereocenters. The van der Waals surface area contributed by atoms with Crippen LogP contribution in [0, 0.1) is 28.5 Å². The van der Waals surface area contributed by atoms with Gasteiger partial charge in [0, 0.05) is 0 Å². The molecule has 2 N–H and O–H groups in total. The predicted octanol–water partition coefficient (Wildman–Crippen LogP) is 2.29. The smallest absolute Gasteiger partial charge is 0.267 e. The molecule has 0 radical (unpaired) electrons. The van der Waals surface area contributed by atoms with Gasteiger partial charge in [0.25, 0.3) is 5.56 Å². The average Bonchev–Trinajstić information content (AvgIpc) is 2.60. The second-order valence-electron chi connectivity index (χ2n) is 5.52. The number of rotatable bonds is 2. The van der Waals surface area contributed by atoms with Gasteiger partial charge in [-0.1, -0.05) is 6.07 Å². The summed E-state index contributed by atoms with van der Waals surface area (Å²) in [6, 6.07) is 11.5. The van der Waals surface area contributed by atoms with E-state index in [1.54, 1.807) is 19.1 Å². The Labute approximate surface area is 142 Å². The lowest BCUT2D eigenvalue weighted by Gasteiger charge is -2.16. The van der Waals surface area contributed by atoms with Gasteiger partial charge in [-0.25, -0.2) is 9.37 Å². The Morgan fingerprint density at radius 3 is 2.64 bits per heavy atom. The molecule has 7 heteroatoms. The number of nitrogens with zero attached hydrogens (tertiary/aromatic N) is 4. The molecule has 2 aromatic carbocycles. The van der Waals surface area contributed by atoms with Crippen molar-refractivity contribution in [2.24, 2.45) is 5.73 Å². The first-order valence-corrected chi connectivity index (χ1v) is 7.38. The third kappa shape index (κ3) is 2.74. The lowest BCUT2D eigenvalue weighted by Crippen LogP contribution is -2.28. The number of hydrogen-bond acceptors (Lipinski definition) is 5. The molecule has 3 rings (SSSR count). The summed E-state index contributed by atoms with van der Waals surface area (Å²) in [5.41, 5.74) is 6.10. The molecule has 0 bridgehead atoms. The summed E-state index contributed by atoms with van der Waals surface area (Å²) >= 11 is 0. The van der Waals surface area contributed by atoms with Crippen LogP contribution < -0.4 is 11.3 Å². The monoisotopic (exact) mass is 333 g/mol. The molecular formula is C18H12FN5O. The number of nitrogens with two attached hydrogens (primary N) is 1. The Kier molecular flexibility index (Phi) is 4.02. The van der Waals surface area contributed by atoms with Crippen LogP contribution in [0.1, 0.15) is 29.9 Å². The minimum Gasteiger partial charge on any atom is -0.322 e. The van der Waals surface area contributed by atoms with Gasteiger partial charge in [0.15, 0.2) is 0 Å². The van der Waals surface area contributed by atoms with Gasteiger partial charge in [-0.3, -0.25) is 9.36 Å². The first-order chi connectivity index (χ1) is 12.0. The van der Waals surface area contributed by atoms with Crippen LogP contribution in [0.15, 0.2) is 41.2 Å². The van der Waals surface area contributed by atoms with E-state index >= 15 is 0 Å². The van der Waals surface area contributed by atoms with Gasteiger partial charge < -0.3 is 5.73 Å². The molecule has 1 aromatic heterocycles. The van der Waals surface area contributed by atoms with E-state index in [-0.39, 0.29) is 28.0 Å². The van der Waals surface area contributed by atoms with E-state index in [4.69, 9.17) is 11.0 Å². The van der Waals surface area contributed by atoms with Crippen LogP contribution in [0.4, 0.5) is 4.39 Å². The average molecular weight is 333 g/mol. The summed E-state index contributed by atoms with van der Waals surface area (Å²) in [7, 11) is 0. The molecule has 0 amide bonds. The van der Waals surface area contributed by atoms with Gasteiger partial charge in [-0.05, 0) is 37.3 Å². The Balaban J connectivity index is 2.50. The molecule has 3 aromatic rings. The zero-order valence-electron chi connectivity index (χ0n) is 13.2. The van der Waals surface area contributed by atoms with E-state index in [9.17, 15) is 14.4 Å². The second-order valence-corrected chi connectivity index (χ2v) is 5.52. The maximum atomic E-state index is 13.9. The molecule has 0 unspecified atom stereocenters. The van der Waals surface area contributed by atoms with Crippen LogP contribution in [-0.2, 0) is 0 Å². The first-order valence-electron chi connectivity index (χ1n) is 7.38. The highest BCUT2D eigenvalue weighted by Gasteiger charge is 2.18. The number of fused-ring (bicyclic) bond motifs is 1. The molecule has 25 heavy (non-hydrogen) atoms. The zero-order valence-corrected chi connectivity index (χ0v) is 13.2. The van der Waals surface area contributed by atoms with E-state index in [1.807, 2.05) is 12.1 Å². The van der Waals surface area contributed by atoms with Crippen LogP contribution in [0.3, 0.4) is 0 Å². The second kappa shape index (κ2) is 6.16. The highest BCUT2D eigenvalue weighted by atomic mass is 19.1. The van der Waals surface area contributed by atoms with E-state index in [0.717, 1.165) is 16.7 Å². The molecule has 0 saturated carbocycles. The quantitative estimate of drug-likeness (QED) is 0.774. The standard InChI is InChI=1S/C18H12FN5O/c1-10(22)17-23-15-4-2-3-12(9-21)16(15)18(25)24(17)14-6-11(8-20)5-13(19)7-14/h2-7,10H,22H2,1H3/t10-/m0/s1. The molecular weight excluding hydrogens is 321 g/mol. The molecule has 0 aliphatic carbocycles. The summed E-state index contributed by atoms with van der Waals surface area (Å²) in [4.78, 5) is 17.4. The maximum Gasteiger partial charge on any atom is 0.267 e. The fourth-order valence-electron chi connectivity index (χ4n) is 2.66. The Morgan fingerprint density at radius 2 is 2.00 bits per heavy atom. The third-order valence-electron chi connectivity index (χ3n) is 3.72. The number of nitriles is 2. The topological polar surface area (TPSA) is 108 Å². The SMILES string of the molecule is C[C@H](N)c1nc2cccc(C#N)c2c(=O)n1-c1cc(F)cc(C#N)c1. The van der Waals surface area contributed by atoms with Crippen LogP contribution in [0.25, 0.3) is 16.6 Å². The van der Waals surface area contributed by atoms with Crippen molar-refractivity contribution >= 4 is 10.9 Å². The fraction of sp³-hybridized carbons (Fsp3) is 0.111. The lowest BCUT2D eigenvalue weighted by molar-refractivity contribution is 0.623. The summed E-state index contributed by atoms with van der Waals surface area (Å²) < 4.78 is 15.0. The van der Waals surface area contributed by atoms with Crippen LogP contribution >= 0.6 is 0 Å². The Hall–Kier alpha value is -3.55. The lowest BCUT2D eigenvalue weighted by atomic mass is 10.1. The number of benzene rings is 2. The Bertz CT molecular complexity index is 1140. The maximum absolute atomic E-state index is 13.9. The first kappa shape index (κ1) is 16.3. The van der Waals surface area contributed by atoms with Crippen molar-refractivity contribution < 1.29 is 4.39 Å². The number of halogens is 1. The highest BCUT2D eigenvalue weighted by Crippen LogP contribution is 2.20. The molecule has 0 fully saturated rings. The molecule has 122 valence electrons. The number of hydrogen-bond donors (Lipinski definition) is 1. The third-order valence-corrected chi connectivity index (χ3v) is 3.72. The van der Waals surface area contributed by atoms with Crippen molar-refractivity contribution in [1.82, 2.24) is 9.55 Å². The summed E-state index contributed by atoms with van der Waals surface area (Å²) in [5.74, 6) is -0.452. The van der Waals surface area contributed by atoms with Crippen LogP contribution in [0.5, 0.6) is 0 Å². The fourth-order valence-corrected chi connectivity index (χ4v) is 2.66. The summed E-state index contributed by atoms with van der Waals surface area (Å²) in [5, 5.41) is 18.4. The molecule has 0 saturated heterocycles. The van der Waals surface area contributed by atoms with Gasteiger partial charge in [-0.15, -0.1) is 0 Å². The van der Waals surface area contributed by atoms with Crippen molar-refractivity contribution in [3.05, 3.63) is 69.5 Å². The largest absolute Gasteiger partial charge is 0.322 e. The van der Waals surface area contributed by atoms with Crippen molar-refractivity contribution in [2.45, 2.75) is 13.0 Å². The molecule has 0 spiro atoms. The normalized spacial score (nSPS) is 11.7.